The molecule has 1 saturated heterocycles. The van der Waals surface area contributed by atoms with Gasteiger partial charge in [0, 0.05) is 18.3 Å². The molecular formula is C20H30N4O4S. The van der Waals surface area contributed by atoms with Crippen LogP contribution in [0.2, 0.25) is 0 Å². The number of carbonyl (C=O) groups excluding carboxylic acids is 3. The molecule has 1 aliphatic rings. The lowest BCUT2D eigenvalue weighted by atomic mass is 9.96. The van der Waals surface area contributed by atoms with Gasteiger partial charge in [-0.25, -0.2) is 4.98 Å². The highest BCUT2D eigenvalue weighted by atomic mass is 32.1. The molecule has 2 heterocycles. The highest BCUT2D eigenvalue weighted by Crippen LogP contribution is 2.24. The zero-order valence-electron chi connectivity index (χ0n) is 17.2. The van der Waals surface area contributed by atoms with Crippen LogP contribution < -0.4 is 11.1 Å². The van der Waals surface area contributed by atoms with Crippen LogP contribution in [-0.4, -0.2) is 58.9 Å². The van der Waals surface area contributed by atoms with Gasteiger partial charge in [0.1, 0.15) is 17.8 Å². The number of rotatable bonds is 9. The standard InChI is InChI=1S/C20H30N4O4S/c1-5-8-28-14-6-7-24(20(27)16-11-29-13(4)22-16)17(10-14)19(26)23-15(18(21)25)9-12(2)3/h5,11-12,14-15,17H,1,6-10H2,2-4H3,(H2,21,25)(H,23,26). The lowest BCUT2D eigenvalue weighted by Gasteiger charge is -2.38. The van der Waals surface area contributed by atoms with Gasteiger partial charge in [0.25, 0.3) is 5.91 Å². The first-order valence-electron chi connectivity index (χ1n) is 9.78. The van der Waals surface area contributed by atoms with Gasteiger partial charge in [-0.2, -0.15) is 0 Å². The van der Waals surface area contributed by atoms with Crippen molar-refractivity contribution in [1.82, 2.24) is 15.2 Å². The number of nitrogens with one attached hydrogen (secondary N) is 1. The van der Waals surface area contributed by atoms with Gasteiger partial charge >= 0.3 is 0 Å². The van der Waals surface area contributed by atoms with Crippen molar-refractivity contribution >= 4 is 29.1 Å². The largest absolute Gasteiger partial charge is 0.374 e. The van der Waals surface area contributed by atoms with Gasteiger partial charge in [-0.1, -0.05) is 19.9 Å². The summed E-state index contributed by atoms with van der Waals surface area (Å²) in [5.74, 6) is -1.10. The second-order valence-corrected chi connectivity index (χ2v) is 8.69. The van der Waals surface area contributed by atoms with Crippen LogP contribution in [0.3, 0.4) is 0 Å². The normalized spacial score (nSPS) is 20.3. The second-order valence-electron chi connectivity index (χ2n) is 7.63. The van der Waals surface area contributed by atoms with Crippen molar-refractivity contribution in [3.8, 4) is 0 Å². The highest BCUT2D eigenvalue weighted by molar-refractivity contribution is 7.09. The number of aryl methyl sites for hydroxylation is 1. The van der Waals surface area contributed by atoms with Gasteiger partial charge in [0.15, 0.2) is 0 Å². The van der Waals surface area contributed by atoms with Crippen molar-refractivity contribution in [3.63, 3.8) is 0 Å². The molecule has 3 N–H and O–H groups in total. The Kier molecular flexibility index (Phi) is 8.33. The Morgan fingerprint density at radius 3 is 2.76 bits per heavy atom. The van der Waals surface area contributed by atoms with E-state index in [1.165, 1.54) is 16.2 Å². The maximum atomic E-state index is 13.1. The van der Waals surface area contributed by atoms with Gasteiger partial charge < -0.3 is 20.7 Å². The molecule has 1 aromatic heterocycles. The number of amides is 3. The molecule has 1 aromatic rings. The summed E-state index contributed by atoms with van der Waals surface area (Å²) in [4.78, 5) is 43.6. The minimum absolute atomic E-state index is 0.179. The number of nitrogens with zero attached hydrogens (tertiary/aromatic N) is 2. The molecule has 1 fully saturated rings. The fourth-order valence-corrected chi connectivity index (χ4v) is 3.96. The number of nitrogens with two attached hydrogens (primary N) is 1. The van der Waals surface area contributed by atoms with E-state index in [0.717, 1.165) is 5.01 Å². The fraction of sp³-hybridized carbons (Fsp3) is 0.600. The van der Waals surface area contributed by atoms with E-state index >= 15 is 0 Å². The lowest BCUT2D eigenvalue weighted by molar-refractivity contribution is -0.133. The van der Waals surface area contributed by atoms with E-state index in [-0.39, 0.29) is 17.9 Å². The second kappa shape index (κ2) is 10.5. The van der Waals surface area contributed by atoms with E-state index in [1.807, 2.05) is 20.8 Å². The zero-order chi connectivity index (χ0) is 21.6. The van der Waals surface area contributed by atoms with Gasteiger partial charge in [0.05, 0.1) is 17.7 Å². The number of aromatic nitrogens is 1. The topological polar surface area (TPSA) is 115 Å². The molecule has 0 saturated carbocycles. The summed E-state index contributed by atoms with van der Waals surface area (Å²) in [7, 11) is 0. The molecule has 9 heteroatoms. The highest BCUT2D eigenvalue weighted by Gasteiger charge is 2.38. The summed E-state index contributed by atoms with van der Waals surface area (Å²) >= 11 is 1.38. The molecule has 0 radical (unpaired) electrons. The van der Waals surface area contributed by atoms with Gasteiger partial charge in [-0.15, -0.1) is 17.9 Å². The van der Waals surface area contributed by atoms with E-state index in [9.17, 15) is 14.4 Å². The van der Waals surface area contributed by atoms with Crippen LogP contribution in [0, 0.1) is 12.8 Å². The van der Waals surface area contributed by atoms with E-state index < -0.39 is 23.9 Å². The van der Waals surface area contributed by atoms with Crippen molar-refractivity contribution in [3.05, 3.63) is 28.7 Å². The molecule has 0 bridgehead atoms. The Labute approximate surface area is 175 Å². The third-order valence-electron chi connectivity index (χ3n) is 4.77. The van der Waals surface area contributed by atoms with E-state index in [2.05, 4.69) is 16.9 Å². The molecule has 3 amide bonds. The zero-order valence-corrected chi connectivity index (χ0v) is 18.0. The van der Waals surface area contributed by atoms with Crippen molar-refractivity contribution in [2.75, 3.05) is 13.2 Å². The van der Waals surface area contributed by atoms with Crippen LogP contribution in [-0.2, 0) is 14.3 Å². The van der Waals surface area contributed by atoms with Crippen molar-refractivity contribution in [1.29, 1.82) is 0 Å². The summed E-state index contributed by atoms with van der Waals surface area (Å²) in [5, 5.41) is 5.21. The number of likely N-dealkylation sites (tertiary alicyclic amines) is 1. The Hall–Kier alpha value is -2.26. The van der Waals surface area contributed by atoms with E-state index in [4.69, 9.17) is 10.5 Å². The predicted octanol–water partition coefficient (Wildman–Crippen LogP) is 1.64. The van der Waals surface area contributed by atoms with Gasteiger partial charge in [0.2, 0.25) is 11.8 Å². The molecule has 0 aromatic carbocycles. The number of piperidine rings is 1. The monoisotopic (exact) mass is 422 g/mol. The maximum absolute atomic E-state index is 13.1. The van der Waals surface area contributed by atoms with E-state index in [0.29, 0.717) is 38.1 Å². The Morgan fingerprint density at radius 1 is 1.48 bits per heavy atom. The first-order valence-corrected chi connectivity index (χ1v) is 10.7. The Morgan fingerprint density at radius 2 is 2.21 bits per heavy atom. The Bertz CT molecular complexity index is 749. The van der Waals surface area contributed by atoms with Crippen LogP contribution in [0.4, 0.5) is 0 Å². The lowest BCUT2D eigenvalue weighted by Crippen LogP contribution is -2.58. The molecule has 1 aliphatic heterocycles. The number of hydrogen-bond donors (Lipinski definition) is 2. The van der Waals surface area contributed by atoms with Gasteiger partial charge in [-0.3, -0.25) is 14.4 Å². The number of carbonyl (C=O) groups is 3. The van der Waals surface area contributed by atoms with Crippen molar-refractivity contribution < 1.29 is 19.1 Å². The summed E-state index contributed by atoms with van der Waals surface area (Å²) in [5.41, 5.74) is 5.79. The first-order chi connectivity index (χ1) is 13.7. The molecule has 29 heavy (non-hydrogen) atoms. The quantitative estimate of drug-likeness (QED) is 0.587. The van der Waals surface area contributed by atoms with Crippen LogP contribution in [0.15, 0.2) is 18.0 Å². The van der Waals surface area contributed by atoms with E-state index in [1.54, 1.807) is 11.5 Å². The molecule has 8 nitrogen and oxygen atoms in total. The maximum Gasteiger partial charge on any atom is 0.274 e. The van der Waals surface area contributed by atoms with Crippen LogP contribution in [0.1, 0.15) is 48.6 Å². The number of ether oxygens (including phenoxy) is 1. The molecule has 2 rings (SSSR count). The van der Waals surface area contributed by atoms with Crippen LogP contribution in [0.5, 0.6) is 0 Å². The number of hydrogen-bond acceptors (Lipinski definition) is 6. The average molecular weight is 423 g/mol. The third kappa shape index (κ3) is 6.37. The third-order valence-corrected chi connectivity index (χ3v) is 5.55. The summed E-state index contributed by atoms with van der Waals surface area (Å²) in [6, 6.07) is -1.54. The smallest absolute Gasteiger partial charge is 0.274 e. The van der Waals surface area contributed by atoms with Crippen molar-refractivity contribution in [2.45, 2.75) is 58.2 Å². The summed E-state index contributed by atoms with van der Waals surface area (Å²) in [6.07, 6.45) is 2.85. The fourth-order valence-electron chi connectivity index (χ4n) is 3.37. The van der Waals surface area contributed by atoms with Crippen LogP contribution in [0.25, 0.3) is 0 Å². The summed E-state index contributed by atoms with van der Waals surface area (Å²) in [6.45, 7) is 10.1. The minimum Gasteiger partial charge on any atom is -0.374 e. The summed E-state index contributed by atoms with van der Waals surface area (Å²) < 4.78 is 5.73. The minimum atomic E-state index is -0.782. The van der Waals surface area contributed by atoms with Crippen molar-refractivity contribution in [2.24, 2.45) is 11.7 Å². The number of primary amides is 1. The molecule has 0 spiro atoms. The number of thiazole rings is 1. The molecule has 3 atom stereocenters. The SMILES string of the molecule is C=CCOC1CCN(C(=O)c2csc(C)n2)C(C(=O)NC(CC(C)C)C(N)=O)C1. The first kappa shape index (κ1) is 23.0. The molecule has 160 valence electrons. The molecule has 3 unspecified atom stereocenters. The van der Waals surface area contributed by atoms with Gasteiger partial charge in [-0.05, 0) is 25.7 Å². The molecular weight excluding hydrogens is 392 g/mol. The predicted molar refractivity (Wildman–Crippen MR) is 111 cm³/mol. The molecule has 0 aliphatic carbocycles. The average Bonchev–Trinajstić information content (AvgIpc) is 3.11. The van der Waals surface area contributed by atoms with Crippen LogP contribution >= 0.6 is 11.3 Å². The Balaban J connectivity index is 2.20.